The fraction of sp³-hybridized carbons (Fsp3) is 0.127. The Labute approximate surface area is 326 Å². The van der Waals surface area contributed by atoms with Crippen LogP contribution in [0.4, 0.5) is 0 Å². The summed E-state index contributed by atoms with van der Waals surface area (Å²) in [7, 11) is 0. The van der Waals surface area contributed by atoms with E-state index in [0.717, 1.165) is 5.57 Å². The molecule has 0 bridgehead atoms. The number of hydrogen-bond acceptors (Lipinski definition) is 0. The van der Waals surface area contributed by atoms with E-state index >= 15 is 0 Å². The first kappa shape index (κ1) is 34.5. The lowest BCUT2D eigenvalue weighted by atomic mass is 9.75. The van der Waals surface area contributed by atoms with Gasteiger partial charge in [-0.1, -0.05) is 211 Å². The molecule has 0 fully saturated rings. The number of hydrogen-bond donors (Lipinski definition) is 0. The van der Waals surface area contributed by atoms with Gasteiger partial charge < -0.3 is 0 Å². The lowest BCUT2D eigenvalue weighted by molar-refractivity contribution is 0.658. The quantitative estimate of drug-likeness (QED) is 0.145. The maximum Gasteiger partial charge on any atom is 0.0346 e. The Hall–Kier alpha value is -6.24. The maximum atomic E-state index is 4.60. The minimum atomic E-state index is -0.214. The van der Waals surface area contributed by atoms with E-state index < -0.39 is 0 Å². The second-order valence-corrected chi connectivity index (χ2v) is 16.2. The van der Waals surface area contributed by atoms with Gasteiger partial charge in [-0.25, -0.2) is 0 Å². The van der Waals surface area contributed by atoms with Gasteiger partial charge in [0.05, 0.1) is 0 Å². The maximum absolute atomic E-state index is 4.60. The van der Waals surface area contributed by atoms with Gasteiger partial charge >= 0.3 is 0 Å². The van der Waals surface area contributed by atoms with Crippen molar-refractivity contribution in [2.45, 2.75) is 44.4 Å². The monoisotopic (exact) mass is 706 g/mol. The zero-order valence-electron chi connectivity index (χ0n) is 32.2. The summed E-state index contributed by atoms with van der Waals surface area (Å²) in [5, 5.41) is 0. The molecule has 0 heterocycles. The van der Waals surface area contributed by atoms with Crippen LogP contribution in [0.5, 0.6) is 0 Å². The van der Waals surface area contributed by atoms with Crippen molar-refractivity contribution in [2.75, 3.05) is 0 Å². The minimum absolute atomic E-state index is 0.0425. The number of benzene rings is 7. The molecule has 7 aromatic rings. The Morgan fingerprint density at radius 1 is 0.436 bits per heavy atom. The van der Waals surface area contributed by atoms with Crippen LogP contribution in [0.25, 0.3) is 50.1 Å². The van der Waals surface area contributed by atoms with Crippen molar-refractivity contribution < 1.29 is 0 Å². The standard InChI is InChI=1S/C55H46/c1-7-16-44-36(2)54(3,4)51-34-42(28-31-47(44)51)53(43-29-32-48-46-21-14-15-22-50(46)55(5,6)52(48)35-43)49-33-41(38-19-12-9-13-20-38)27-30-45(49)40-25-23-39(24-26-40)37-17-10-8-11-18-37/h7-35,53H,1-2H2,3-6H3/b44-16+. The molecule has 0 radical (unpaired) electrons. The van der Waals surface area contributed by atoms with Crippen molar-refractivity contribution in [1.82, 2.24) is 0 Å². The molecule has 1 atom stereocenters. The fourth-order valence-corrected chi connectivity index (χ4v) is 9.26. The van der Waals surface area contributed by atoms with Crippen LogP contribution in [-0.2, 0) is 10.8 Å². The number of allylic oxidation sites excluding steroid dienone is 4. The van der Waals surface area contributed by atoms with Gasteiger partial charge in [-0.15, -0.1) is 0 Å². The average molecular weight is 707 g/mol. The highest BCUT2D eigenvalue weighted by atomic mass is 14.4. The van der Waals surface area contributed by atoms with Crippen molar-refractivity contribution in [3.8, 4) is 44.5 Å². The van der Waals surface area contributed by atoms with Crippen molar-refractivity contribution in [3.05, 3.63) is 234 Å². The third-order valence-corrected chi connectivity index (χ3v) is 12.4. The Balaban J connectivity index is 1.30. The summed E-state index contributed by atoms with van der Waals surface area (Å²) in [6.45, 7) is 18.0. The Kier molecular flexibility index (Phi) is 8.32. The molecular weight excluding hydrogens is 661 g/mol. The predicted molar refractivity (Wildman–Crippen MR) is 234 cm³/mol. The second kappa shape index (κ2) is 13.3. The predicted octanol–water partition coefficient (Wildman–Crippen LogP) is 14.6. The van der Waals surface area contributed by atoms with Crippen LogP contribution in [0.1, 0.15) is 72.6 Å². The molecule has 2 aliphatic rings. The van der Waals surface area contributed by atoms with Gasteiger partial charge in [0.1, 0.15) is 0 Å². The third kappa shape index (κ3) is 5.67. The number of rotatable bonds is 7. The molecule has 0 spiro atoms. The zero-order chi connectivity index (χ0) is 37.9. The summed E-state index contributed by atoms with van der Waals surface area (Å²) in [6, 6.07) is 61.0. The molecule has 0 N–H and O–H groups in total. The van der Waals surface area contributed by atoms with Gasteiger partial charge in [0.15, 0.2) is 0 Å². The van der Waals surface area contributed by atoms with E-state index in [1.807, 2.05) is 6.08 Å². The van der Waals surface area contributed by atoms with Crippen LogP contribution in [0, 0.1) is 0 Å². The molecule has 0 heteroatoms. The summed E-state index contributed by atoms with van der Waals surface area (Å²) in [4.78, 5) is 0. The van der Waals surface area contributed by atoms with Gasteiger partial charge in [-0.2, -0.15) is 0 Å². The largest absolute Gasteiger partial charge is 0.0990 e. The molecule has 55 heavy (non-hydrogen) atoms. The first-order valence-electron chi connectivity index (χ1n) is 19.4. The van der Waals surface area contributed by atoms with Crippen molar-refractivity contribution in [3.63, 3.8) is 0 Å². The molecule has 266 valence electrons. The van der Waals surface area contributed by atoms with E-state index in [1.54, 1.807) is 0 Å². The molecule has 0 saturated carbocycles. The van der Waals surface area contributed by atoms with E-state index in [-0.39, 0.29) is 16.7 Å². The Morgan fingerprint density at radius 3 is 1.58 bits per heavy atom. The number of fused-ring (bicyclic) bond motifs is 4. The van der Waals surface area contributed by atoms with E-state index in [1.165, 1.54) is 89.0 Å². The second-order valence-electron chi connectivity index (χ2n) is 16.2. The lowest BCUT2D eigenvalue weighted by Gasteiger charge is -2.28. The highest BCUT2D eigenvalue weighted by Gasteiger charge is 2.39. The van der Waals surface area contributed by atoms with Crippen LogP contribution in [-0.4, -0.2) is 0 Å². The molecule has 0 saturated heterocycles. The first-order chi connectivity index (χ1) is 26.7. The zero-order valence-corrected chi connectivity index (χ0v) is 32.2. The van der Waals surface area contributed by atoms with Crippen LogP contribution in [0.15, 0.2) is 195 Å². The SMILES string of the molecule is C=C/C=C1\C(=C)C(C)(C)c2cc(C(c3ccc4c(c3)C(C)(C)c3ccccc3-4)c3cc(-c4ccccc4)ccc3-c3ccc(-c4ccccc4)cc3)ccc21. The van der Waals surface area contributed by atoms with E-state index in [9.17, 15) is 0 Å². The van der Waals surface area contributed by atoms with E-state index in [2.05, 4.69) is 211 Å². The Bertz CT molecular complexity index is 2650. The lowest BCUT2D eigenvalue weighted by Crippen LogP contribution is -2.17. The molecule has 0 amide bonds. The highest BCUT2D eigenvalue weighted by molar-refractivity contribution is 5.90. The highest BCUT2D eigenvalue weighted by Crippen LogP contribution is 2.53. The van der Waals surface area contributed by atoms with Crippen LogP contribution in [0.2, 0.25) is 0 Å². The normalized spacial score (nSPS) is 16.0. The fourth-order valence-electron chi connectivity index (χ4n) is 9.26. The average Bonchev–Trinajstić information content (AvgIpc) is 3.56. The Morgan fingerprint density at radius 2 is 0.927 bits per heavy atom. The molecule has 7 aromatic carbocycles. The van der Waals surface area contributed by atoms with Crippen LogP contribution >= 0.6 is 0 Å². The molecular formula is C55H46. The molecule has 0 aromatic heterocycles. The van der Waals surface area contributed by atoms with Crippen molar-refractivity contribution in [1.29, 1.82) is 0 Å². The molecule has 1 unspecified atom stereocenters. The van der Waals surface area contributed by atoms with Gasteiger partial charge in [-0.05, 0) is 101 Å². The summed E-state index contributed by atoms with van der Waals surface area (Å²) in [6.07, 6.45) is 4.00. The molecule has 0 nitrogen and oxygen atoms in total. The van der Waals surface area contributed by atoms with Gasteiger partial charge in [-0.3, -0.25) is 0 Å². The van der Waals surface area contributed by atoms with Crippen molar-refractivity contribution in [2.24, 2.45) is 0 Å². The molecule has 0 aliphatic heterocycles. The van der Waals surface area contributed by atoms with Gasteiger partial charge in [0.2, 0.25) is 0 Å². The van der Waals surface area contributed by atoms with E-state index in [4.69, 9.17) is 0 Å². The topological polar surface area (TPSA) is 0 Å². The first-order valence-corrected chi connectivity index (χ1v) is 19.4. The van der Waals surface area contributed by atoms with Gasteiger partial charge in [0.25, 0.3) is 0 Å². The van der Waals surface area contributed by atoms with E-state index in [0.29, 0.717) is 0 Å². The van der Waals surface area contributed by atoms with Crippen molar-refractivity contribution >= 4 is 5.57 Å². The summed E-state index contributed by atoms with van der Waals surface area (Å²) in [5.41, 5.74) is 21.2. The molecule has 9 rings (SSSR count). The van der Waals surface area contributed by atoms with Crippen LogP contribution in [0.3, 0.4) is 0 Å². The molecule has 2 aliphatic carbocycles. The summed E-state index contributed by atoms with van der Waals surface area (Å²) >= 11 is 0. The third-order valence-electron chi connectivity index (χ3n) is 12.4. The minimum Gasteiger partial charge on any atom is -0.0990 e. The smallest absolute Gasteiger partial charge is 0.0346 e. The summed E-state index contributed by atoms with van der Waals surface area (Å²) < 4.78 is 0. The summed E-state index contributed by atoms with van der Waals surface area (Å²) in [5.74, 6) is -0.0425. The van der Waals surface area contributed by atoms with Gasteiger partial charge in [0, 0.05) is 16.7 Å². The van der Waals surface area contributed by atoms with Crippen LogP contribution < -0.4 is 0 Å².